The Morgan fingerprint density at radius 2 is 2.08 bits per heavy atom. The fourth-order valence-electron chi connectivity index (χ4n) is 2.96. The van der Waals surface area contributed by atoms with Gasteiger partial charge >= 0.3 is 0 Å². The van der Waals surface area contributed by atoms with Crippen LogP contribution >= 0.6 is 0 Å². The molecule has 3 rings (SSSR count). The van der Waals surface area contributed by atoms with Crippen molar-refractivity contribution in [2.45, 2.75) is 52.6 Å². The van der Waals surface area contributed by atoms with E-state index in [9.17, 15) is 4.79 Å². The maximum absolute atomic E-state index is 12.2. The van der Waals surface area contributed by atoms with Crippen LogP contribution in [0.1, 0.15) is 43.8 Å². The van der Waals surface area contributed by atoms with Crippen molar-refractivity contribution in [1.82, 2.24) is 14.9 Å². The number of nitrogens with one attached hydrogen (secondary N) is 1. The highest BCUT2D eigenvalue weighted by atomic mass is 16.5. The van der Waals surface area contributed by atoms with Gasteiger partial charge in [0.15, 0.2) is 0 Å². The van der Waals surface area contributed by atoms with E-state index in [1.54, 1.807) is 0 Å². The molecule has 0 saturated heterocycles. The van der Waals surface area contributed by atoms with E-state index in [1.165, 1.54) is 12.8 Å². The maximum atomic E-state index is 12.2. The van der Waals surface area contributed by atoms with E-state index >= 15 is 0 Å². The van der Waals surface area contributed by atoms with Crippen molar-refractivity contribution in [2.24, 2.45) is 5.92 Å². The largest absolute Gasteiger partial charge is 0.493 e. The molecular formula is C20H27N3O2. The summed E-state index contributed by atoms with van der Waals surface area (Å²) in [4.78, 5) is 16.8. The van der Waals surface area contributed by atoms with Crippen molar-refractivity contribution in [2.75, 3.05) is 6.61 Å². The fourth-order valence-corrected chi connectivity index (χ4v) is 2.96. The lowest BCUT2D eigenvalue weighted by Gasteiger charge is -2.11. The number of aryl methyl sites for hydroxylation is 2. The number of nitrogens with zero attached hydrogens (tertiary/aromatic N) is 2. The molecule has 1 aromatic carbocycles. The second-order valence-corrected chi connectivity index (χ2v) is 7.10. The van der Waals surface area contributed by atoms with Crippen LogP contribution in [-0.2, 0) is 30.7 Å². The average molecular weight is 341 g/mol. The number of benzene rings is 1. The molecule has 0 atom stereocenters. The number of hydrogen-bond acceptors (Lipinski definition) is 3. The van der Waals surface area contributed by atoms with Crippen LogP contribution in [0.15, 0.2) is 30.5 Å². The van der Waals surface area contributed by atoms with Crippen LogP contribution in [0, 0.1) is 5.92 Å². The van der Waals surface area contributed by atoms with Crippen LogP contribution in [0.2, 0.25) is 0 Å². The van der Waals surface area contributed by atoms with Crippen LogP contribution < -0.4 is 10.1 Å². The average Bonchev–Trinajstić information content (AvgIpc) is 3.02. The Morgan fingerprint density at radius 1 is 1.28 bits per heavy atom. The van der Waals surface area contributed by atoms with Crippen LogP contribution in [0.4, 0.5) is 0 Å². The van der Waals surface area contributed by atoms with Gasteiger partial charge in [0.1, 0.15) is 11.6 Å². The highest BCUT2D eigenvalue weighted by Gasteiger charge is 2.12. The summed E-state index contributed by atoms with van der Waals surface area (Å²) in [7, 11) is 0. The van der Waals surface area contributed by atoms with Crippen molar-refractivity contribution < 1.29 is 9.53 Å². The smallest absolute Gasteiger partial charge is 0.224 e. The minimum atomic E-state index is 0.0156. The number of carbonyl (C=O) groups is 1. The highest BCUT2D eigenvalue weighted by Crippen LogP contribution is 2.15. The van der Waals surface area contributed by atoms with Gasteiger partial charge in [0.05, 0.1) is 25.3 Å². The van der Waals surface area contributed by atoms with Gasteiger partial charge < -0.3 is 14.6 Å². The molecule has 0 radical (unpaired) electrons. The molecule has 0 bridgehead atoms. The predicted octanol–water partition coefficient (Wildman–Crippen LogP) is 3.11. The molecule has 1 aliphatic rings. The fraction of sp³-hybridized carbons (Fsp3) is 0.500. The maximum Gasteiger partial charge on any atom is 0.224 e. The van der Waals surface area contributed by atoms with Crippen molar-refractivity contribution in [3.63, 3.8) is 0 Å². The van der Waals surface area contributed by atoms with E-state index in [-0.39, 0.29) is 5.91 Å². The van der Waals surface area contributed by atoms with Crippen LogP contribution in [0.3, 0.4) is 0 Å². The lowest BCUT2D eigenvalue weighted by atomic mass is 10.1. The molecule has 0 aliphatic carbocycles. The van der Waals surface area contributed by atoms with E-state index in [0.29, 0.717) is 25.5 Å². The predicted molar refractivity (Wildman–Crippen MR) is 97.5 cm³/mol. The zero-order chi connectivity index (χ0) is 17.6. The van der Waals surface area contributed by atoms with E-state index < -0.39 is 0 Å². The third-order valence-electron chi connectivity index (χ3n) is 4.30. The Morgan fingerprint density at radius 3 is 2.80 bits per heavy atom. The van der Waals surface area contributed by atoms with E-state index in [1.807, 2.05) is 24.3 Å². The lowest BCUT2D eigenvalue weighted by molar-refractivity contribution is -0.120. The SMILES string of the molecule is CC(C)COc1ccc(CC(=O)NCc2cn3c(n2)CCCC3)cc1. The van der Waals surface area contributed by atoms with Gasteiger partial charge in [-0.25, -0.2) is 4.98 Å². The normalized spacial score (nSPS) is 13.6. The van der Waals surface area contributed by atoms with Gasteiger partial charge in [-0.15, -0.1) is 0 Å². The van der Waals surface area contributed by atoms with Crippen molar-refractivity contribution in [3.8, 4) is 5.75 Å². The number of rotatable bonds is 7. The molecule has 1 aliphatic heterocycles. The summed E-state index contributed by atoms with van der Waals surface area (Å²) >= 11 is 0. The third-order valence-corrected chi connectivity index (χ3v) is 4.30. The van der Waals surface area contributed by atoms with Crippen LogP contribution in [0.5, 0.6) is 5.75 Å². The molecule has 5 heteroatoms. The summed E-state index contributed by atoms with van der Waals surface area (Å²) in [5, 5.41) is 2.97. The molecule has 1 amide bonds. The molecule has 0 spiro atoms. The summed E-state index contributed by atoms with van der Waals surface area (Å²) in [5.74, 6) is 2.51. The molecule has 1 aromatic heterocycles. The second kappa shape index (κ2) is 8.19. The minimum Gasteiger partial charge on any atom is -0.493 e. The molecule has 5 nitrogen and oxygen atoms in total. The van der Waals surface area contributed by atoms with Gasteiger partial charge in [-0.05, 0) is 36.5 Å². The Hall–Kier alpha value is -2.30. The molecule has 25 heavy (non-hydrogen) atoms. The number of fused-ring (bicyclic) bond motifs is 1. The molecule has 2 aromatic rings. The Kier molecular flexibility index (Phi) is 5.74. The second-order valence-electron chi connectivity index (χ2n) is 7.10. The summed E-state index contributed by atoms with van der Waals surface area (Å²) in [6.45, 7) is 6.48. The first kappa shape index (κ1) is 17.5. The standard InChI is InChI=1S/C20H27N3O2/c1-15(2)14-25-18-8-6-16(7-9-18)11-20(24)21-12-17-13-23-10-4-3-5-19(23)22-17/h6-9,13,15H,3-5,10-12,14H2,1-2H3,(H,21,24). The number of hydrogen-bond donors (Lipinski definition) is 1. The summed E-state index contributed by atoms with van der Waals surface area (Å²) < 4.78 is 7.87. The minimum absolute atomic E-state index is 0.0156. The first-order valence-corrected chi connectivity index (χ1v) is 9.13. The van der Waals surface area contributed by atoms with E-state index in [0.717, 1.165) is 35.8 Å². The van der Waals surface area contributed by atoms with Gasteiger partial charge in [0, 0.05) is 19.2 Å². The van der Waals surface area contributed by atoms with Crippen LogP contribution in [0.25, 0.3) is 0 Å². The van der Waals surface area contributed by atoms with Crippen molar-refractivity contribution >= 4 is 5.91 Å². The summed E-state index contributed by atoms with van der Waals surface area (Å²) in [6, 6.07) is 7.75. The molecule has 134 valence electrons. The van der Waals surface area contributed by atoms with Crippen molar-refractivity contribution in [3.05, 3.63) is 47.5 Å². The summed E-state index contributed by atoms with van der Waals surface area (Å²) in [5.41, 5.74) is 1.93. The van der Waals surface area contributed by atoms with Gasteiger partial charge in [0.25, 0.3) is 0 Å². The first-order chi connectivity index (χ1) is 12.1. The quantitative estimate of drug-likeness (QED) is 0.842. The molecular weight excluding hydrogens is 314 g/mol. The number of aromatic nitrogens is 2. The number of ether oxygens (including phenoxy) is 1. The number of imidazole rings is 1. The first-order valence-electron chi connectivity index (χ1n) is 9.13. The summed E-state index contributed by atoms with van der Waals surface area (Å²) in [6.07, 6.45) is 5.90. The van der Waals surface area contributed by atoms with E-state index in [2.05, 4.69) is 34.9 Å². The highest BCUT2D eigenvalue weighted by molar-refractivity contribution is 5.78. The lowest BCUT2D eigenvalue weighted by Crippen LogP contribution is -2.24. The van der Waals surface area contributed by atoms with Gasteiger partial charge in [-0.2, -0.15) is 0 Å². The Bertz CT molecular complexity index is 681. The zero-order valence-electron chi connectivity index (χ0n) is 15.1. The molecule has 0 saturated carbocycles. The van der Waals surface area contributed by atoms with E-state index in [4.69, 9.17) is 4.74 Å². The zero-order valence-corrected chi connectivity index (χ0v) is 15.1. The number of amides is 1. The molecule has 2 heterocycles. The van der Waals surface area contributed by atoms with Gasteiger partial charge in [-0.3, -0.25) is 4.79 Å². The Balaban J connectivity index is 1.46. The third kappa shape index (κ3) is 5.08. The van der Waals surface area contributed by atoms with Gasteiger partial charge in [-0.1, -0.05) is 26.0 Å². The van der Waals surface area contributed by atoms with Gasteiger partial charge in [0.2, 0.25) is 5.91 Å². The molecule has 1 N–H and O–H groups in total. The topological polar surface area (TPSA) is 56.1 Å². The molecule has 0 fully saturated rings. The monoisotopic (exact) mass is 341 g/mol. The van der Waals surface area contributed by atoms with Crippen molar-refractivity contribution in [1.29, 1.82) is 0 Å². The van der Waals surface area contributed by atoms with Crippen LogP contribution in [-0.4, -0.2) is 22.1 Å². The Labute approximate surface area is 149 Å². The molecule has 0 unspecified atom stereocenters. The number of carbonyl (C=O) groups excluding carboxylic acids is 1.